The Morgan fingerprint density at radius 3 is 2.56 bits per heavy atom. The average molecular weight is 366 g/mol. The van der Waals surface area contributed by atoms with Gasteiger partial charge < -0.3 is 14.6 Å². The summed E-state index contributed by atoms with van der Waals surface area (Å²) < 4.78 is 11.1. The Morgan fingerprint density at radius 1 is 1.22 bits per heavy atom. The van der Waals surface area contributed by atoms with Crippen LogP contribution < -0.4 is 9.47 Å². The standard InChI is InChI=1S/C22H22O5/c1-13(2)4-5-15-10-18(24)22-19(25)12-20(27-21(22)11-15)16-6-8-17(9-7-16)26-14(3)23/h4,6-11,20,24H,5,12H2,1-3H3/t20-/m0/s1. The lowest BCUT2D eigenvalue weighted by atomic mass is 9.94. The molecule has 2 aromatic rings. The molecule has 0 spiro atoms. The zero-order valence-electron chi connectivity index (χ0n) is 15.6. The van der Waals surface area contributed by atoms with E-state index < -0.39 is 6.10 Å². The number of benzene rings is 2. The van der Waals surface area contributed by atoms with Crippen molar-refractivity contribution in [3.05, 3.63) is 64.7 Å². The molecular weight excluding hydrogens is 344 g/mol. The summed E-state index contributed by atoms with van der Waals surface area (Å²) in [6.45, 7) is 5.36. The van der Waals surface area contributed by atoms with Gasteiger partial charge in [0.15, 0.2) is 5.78 Å². The number of rotatable bonds is 4. The molecule has 0 radical (unpaired) electrons. The number of aromatic hydroxyl groups is 1. The van der Waals surface area contributed by atoms with E-state index in [0.29, 0.717) is 17.9 Å². The molecule has 0 saturated carbocycles. The summed E-state index contributed by atoms with van der Waals surface area (Å²) in [6, 6.07) is 10.3. The summed E-state index contributed by atoms with van der Waals surface area (Å²) >= 11 is 0. The van der Waals surface area contributed by atoms with Gasteiger partial charge in [-0.3, -0.25) is 9.59 Å². The maximum absolute atomic E-state index is 12.6. The van der Waals surface area contributed by atoms with E-state index in [1.807, 2.05) is 19.9 Å². The van der Waals surface area contributed by atoms with Crippen molar-refractivity contribution in [2.75, 3.05) is 0 Å². The zero-order valence-corrected chi connectivity index (χ0v) is 15.6. The van der Waals surface area contributed by atoms with E-state index in [2.05, 4.69) is 6.08 Å². The monoisotopic (exact) mass is 366 g/mol. The first-order valence-corrected chi connectivity index (χ1v) is 8.81. The van der Waals surface area contributed by atoms with Gasteiger partial charge in [-0.2, -0.15) is 0 Å². The number of esters is 1. The summed E-state index contributed by atoms with van der Waals surface area (Å²) in [6.07, 6.45) is 2.40. The molecule has 1 aliphatic heterocycles. The van der Waals surface area contributed by atoms with Crippen molar-refractivity contribution in [2.45, 2.75) is 39.7 Å². The fourth-order valence-corrected chi connectivity index (χ4v) is 3.04. The van der Waals surface area contributed by atoms with Gasteiger partial charge in [0.1, 0.15) is 28.9 Å². The first kappa shape index (κ1) is 18.7. The highest BCUT2D eigenvalue weighted by Crippen LogP contribution is 2.40. The van der Waals surface area contributed by atoms with Crippen LogP contribution in [-0.4, -0.2) is 16.9 Å². The number of carbonyl (C=O) groups is 2. The molecule has 1 N–H and O–H groups in total. The molecule has 0 saturated heterocycles. The minimum absolute atomic E-state index is 0.0432. The predicted octanol–water partition coefficient (Wildman–Crippen LogP) is 4.53. The number of allylic oxidation sites excluding steroid dienone is 2. The summed E-state index contributed by atoms with van der Waals surface area (Å²) in [4.78, 5) is 23.6. The molecule has 1 heterocycles. The molecular formula is C22H22O5. The Bertz CT molecular complexity index is 905. The third-order valence-electron chi connectivity index (χ3n) is 4.32. The lowest BCUT2D eigenvalue weighted by Crippen LogP contribution is -2.20. The van der Waals surface area contributed by atoms with Crippen molar-refractivity contribution in [3.8, 4) is 17.2 Å². The number of hydrogen-bond donors (Lipinski definition) is 1. The van der Waals surface area contributed by atoms with Crippen LogP contribution in [0.15, 0.2) is 48.0 Å². The number of Topliss-reactive ketones (excluding diaryl/α,β-unsaturated/α-hetero) is 1. The highest BCUT2D eigenvalue weighted by molar-refractivity contribution is 6.02. The van der Waals surface area contributed by atoms with Gasteiger partial charge in [-0.1, -0.05) is 23.8 Å². The van der Waals surface area contributed by atoms with Crippen LogP contribution in [0.1, 0.15) is 54.8 Å². The van der Waals surface area contributed by atoms with Crippen LogP contribution in [0.2, 0.25) is 0 Å². The summed E-state index contributed by atoms with van der Waals surface area (Å²) in [7, 11) is 0. The zero-order chi connectivity index (χ0) is 19.6. The first-order chi connectivity index (χ1) is 12.8. The van der Waals surface area contributed by atoms with E-state index in [1.165, 1.54) is 12.5 Å². The Labute approximate surface area is 158 Å². The topological polar surface area (TPSA) is 72.8 Å². The molecule has 140 valence electrons. The van der Waals surface area contributed by atoms with E-state index in [1.54, 1.807) is 30.3 Å². The maximum atomic E-state index is 12.6. The first-order valence-electron chi connectivity index (χ1n) is 8.81. The van der Waals surface area contributed by atoms with E-state index >= 15 is 0 Å². The van der Waals surface area contributed by atoms with Gasteiger partial charge in [0, 0.05) is 6.92 Å². The second kappa shape index (κ2) is 7.66. The van der Waals surface area contributed by atoms with Crippen LogP contribution in [-0.2, 0) is 11.2 Å². The summed E-state index contributed by atoms with van der Waals surface area (Å²) in [5.74, 6) is 0.253. The minimum Gasteiger partial charge on any atom is -0.507 e. The molecule has 0 amide bonds. The van der Waals surface area contributed by atoms with E-state index in [0.717, 1.165) is 11.1 Å². The number of ether oxygens (including phenoxy) is 2. The number of carbonyl (C=O) groups excluding carboxylic acids is 2. The molecule has 1 atom stereocenters. The highest BCUT2D eigenvalue weighted by Gasteiger charge is 2.30. The predicted molar refractivity (Wildman–Crippen MR) is 101 cm³/mol. The number of fused-ring (bicyclic) bond motifs is 1. The van der Waals surface area contributed by atoms with Crippen LogP contribution >= 0.6 is 0 Å². The van der Waals surface area contributed by atoms with Crippen LogP contribution in [0.3, 0.4) is 0 Å². The van der Waals surface area contributed by atoms with Crippen LogP contribution in [0, 0.1) is 0 Å². The molecule has 0 fully saturated rings. The van der Waals surface area contributed by atoms with Crippen molar-refractivity contribution >= 4 is 11.8 Å². The Balaban J connectivity index is 1.87. The molecule has 3 rings (SSSR count). The second-order valence-electron chi connectivity index (χ2n) is 6.87. The smallest absolute Gasteiger partial charge is 0.308 e. The molecule has 5 nitrogen and oxygen atoms in total. The van der Waals surface area contributed by atoms with Gasteiger partial charge in [0.25, 0.3) is 0 Å². The second-order valence-corrected chi connectivity index (χ2v) is 6.87. The third-order valence-corrected chi connectivity index (χ3v) is 4.32. The van der Waals surface area contributed by atoms with Crippen molar-refractivity contribution in [1.82, 2.24) is 0 Å². The quantitative estimate of drug-likeness (QED) is 0.489. The van der Waals surface area contributed by atoms with Gasteiger partial charge in [0.05, 0.1) is 6.42 Å². The normalized spacial score (nSPS) is 15.5. The number of phenolic OH excluding ortho intramolecular Hbond substituents is 1. The molecule has 0 aliphatic carbocycles. The van der Waals surface area contributed by atoms with Crippen molar-refractivity contribution in [1.29, 1.82) is 0 Å². The third kappa shape index (κ3) is 4.37. The molecule has 1 aliphatic rings. The molecule has 0 bridgehead atoms. The van der Waals surface area contributed by atoms with Crippen molar-refractivity contribution in [2.24, 2.45) is 0 Å². The molecule has 2 aromatic carbocycles. The van der Waals surface area contributed by atoms with Crippen molar-refractivity contribution in [3.63, 3.8) is 0 Å². The largest absolute Gasteiger partial charge is 0.507 e. The average Bonchev–Trinajstić information content (AvgIpc) is 2.59. The Kier molecular flexibility index (Phi) is 5.31. The van der Waals surface area contributed by atoms with Gasteiger partial charge in [-0.05, 0) is 55.7 Å². The lowest BCUT2D eigenvalue weighted by molar-refractivity contribution is -0.131. The fourth-order valence-electron chi connectivity index (χ4n) is 3.04. The van der Waals surface area contributed by atoms with Crippen LogP contribution in [0.4, 0.5) is 0 Å². The summed E-state index contributed by atoms with van der Waals surface area (Å²) in [5, 5.41) is 10.3. The fraction of sp³-hybridized carbons (Fsp3) is 0.273. The van der Waals surface area contributed by atoms with E-state index in [9.17, 15) is 14.7 Å². The lowest BCUT2D eigenvalue weighted by Gasteiger charge is -2.26. The van der Waals surface area contributed by atoms with E-state index in [4.69, 9.17) is 9.47 Å². The molecule has 0 aromatic heterocycles. The van der Waals surface area contributed by atoms with Gasteiger partial charge in [0.2, 0.25) is 0 Å². The SMILES string of the molecule is CC(=O)Oc1ccc([C@@H]2CC(=O)c3c(O)cc(CC=C(C)C)cc3O2)cc1. The van der Waals surface area contributed by atoms with Gasteiger partial charge in [-0.15, -0.1) is 0 Å². The number of ketones is 1. The molecule has 27 heavy (non-hydrogen) atoms. The van der Waals surface area contributed by atoms with Crippen LogP contribution in [0.5, 0.6) is 17.2 Å². The number of phenols is 1. The Hall–Kier alpha value is -3.08. The van der Waals surface area contributed by atoms with Gasteiger partial charge >= 0.3 is 5.97 Å². The minimum atomic E-state index is -0.450. The van der Waals surface area contributed by atoms with Crippen LogP contribution in [0.25, 0.3) is 0 Å². The number of hydrogen-bond acceptors (Lipinski definition) is 5. The van der Waals surface area contributed by atoms with E-state index in [-0.39, 0.29) is 29.5 Å². The van der Waals surface area contributed by atoms with Gasteiger partial charge in [-0.25, -0.2) is 0 Å². The molecule has 0 unspecified atom stereocenters. The molecule has 5 heteroatoms. The Morgan fingerprint density at radius 2 is 1.93 bits per heavy atom. The highest BCUT2D eigenvalue weighted by atomic mass is 16.5. The maximum Gasteiger partial charge on any atom is 0.308 e. The summed E-state index contributed by atoms with van der Waals surface area (Å²) in [5.41, 5.74) is 3.10. The van der Waals surface area contributed by atoms with Crippen molar-refractivity contribution < 1.29 is 24.2 Å².